The summed E-state index contributed by atoms with van der Waals surface area (Å²) in [5, 5.41) is 3.59. The first-order valence-electron chi connectivity index (χ1n) is 6.27. The lowest BCUT2D eigenvalue weighted by Crippen LogP contribution is -2.23. The van der Waals surface area contributed by atoms with Crippen molar-refractivity contribution >= 4 is 41.1 Å². The molecule has 1 N–H and O–H groups in total. The van der Waals surface area contributed by atoms with Gasteiger partial charge in [0.05, 0.1) is 10.0 Å². The van der Waals surface area contributed by atoms with Crippen molar-refractivity contribution in [3.63, 3.8) is 0 Å². The van der Waals surface area contributed by atoms with E-state index in [2.05, 4.69) is 10.3 Å². The number of aliphatic imine (C=N–C) groups is 1. The molecule has 1 aliphatic heterocycles. The highest BCUT2D eigenvalue weighted by atomic mass is 35.5. The number of urea groups is 1. The summed E-state index contributed by atoms with van der Waals surface area (Å²) < 4.78 is 0. The van der Waals surface area contributed by atoms with Gasteiger partial charge < -0.3 is 10.2 Å². The molecule has 0 aromatic heterocycles. The number of hydrogen-bond donors (Lipinski definition) is 1. The molecule has 20 heavy (non-hydrogen) atoms. The number of halogens is 2. The van der Waals surface area contributed by atoms with Crippen LogP contribution >= 0.6 is 23.2 Å². The van der Waals surface area contributed by atoms with Gasteiger partial charge in [0.1, 0.15) is 5.84 Å². The third kappa shape index (κ3) is 3.99. The highest BCUT2D eigenvalue weighted by molar-refractivity contribution is 6.42. The topological polar surface area (TPSA) is 44.7 Å². The van der Waals surface area contributed by atoms with Gasteiger partial charge in [0.25, 0.3) is 0 Å². The van der Waals surface area contributed by atoms with E-state index in [9.17, 15) is 4.79 Å². The number of benzene rings is 1. The maximum atomic E-state index is 11.6. The predicted octanol–water partition coefficient (Wildman–Crippen LogP) is 3.80. The smallest absolute Gasteiger partial charge is 0.346 e. The summed E-state index contributed by atoms with van der Waals surface area (Å²) >= 11 is 11.7. The largest absolute Gasteiger partial charge is 0.363 e. The average Bonchev–Trinajstić information content (AvgIpc) is 2.79. The molecule has 0 spiro atoms. The van der Waals surface area contributed by atoms with E-state index >= 15 is 0 Å². The molecular weight excluding hydrogens is 297 g/mol. The molecule has 0 bridgehead atoms. The Bertz CT molecular complexity index is 570. The van der Waals surface area contributed by atoms with Crippen molar-refractivity contribution in [1.29, 1.82) is 0 Å². The number of carbonyl (C=O) groups is 1. The number of carbonyl (C=O) groups excluding carboxylic acids is 1. The highest BCUT2D eigenvalue weighted by Crippen LogP contribution is 2.22. The van der Waals surface area contributed by atoms with E-state index in [4.69, 9.17) is 23.2 Å². The van der Waals surface area contributed by atoms with Gasteiger partial charge in [-0.1, -0.05) is 29.3 Å². The van der Waals surface area contributed by atoms with Gasteiger partial charge in [-0.15, -0.1) is 0 Å². The van der Waals surface area contributed by atoms with Gasteiger partial charge in [-0.2, -0.15) is 4.99 Å². The molecule has 2 amide bonds. The quantitative estimate of drug-likeness (QED) is 0.903. The Hall–Kier alpha value is -1.52. The third-order valence-electron chi connectivity index (χ3n) is 2.99. The van der Waals surface area contributed by atoms with Crippen LogP contribution in [0.1, 0.15) is 18.4 Å². The van der Waals surface area contributed by atoms with Crippen LogP contribution in [0.25, 0.3) is 6.08 Å². The van der Waals surface area contributed by atoms with Gasteiger partial charge in [0.15, 0.2) is 0 Å². The minimum Gasteiger partial charge on any atom is -0.363 e. The number of nitrogens with zero attached hydrogens (tertiary/aromatic N) is 2. The van der Waals surface area contributed by atoms with Crippen LogP contribution in [0.3, 0.4) is 0 Å². The lowest BCUT2D eigenvalue weighted by atomic mass is 10.2. The first-order valence-corrected chi connectivity index (χ1v) is 7.02. The monoisotopic (exact) mass is 311 g/mol. The van der Waals surface area contributed by atoms with Crippen molar-refractivity contribution in [2.75, 3.05) is 13.6 Å². The molecule has 0 radical (unpaired) electrons. The molecule has 4 nitrogen and oxygen atoms in total. The van der Waals surface area contributed by atoms with Gasteiger partial charge in [0.2, 0.25) is 0 Å². The first kappa shape index (κ1) is 14.9. The number of likely N-dealkylation sites (tertiary alicyclic amines) is 1. The van der Waals surface area contributed by atoms with Gasteiger partial charge in [-0.3, -0.25) is 0 Å². The Labute approximate surface area is 128 Å². The average molecular weight is 312 g/mol. The van der Waals surface area contributed by atoms with E-state index in [0.717, 1.165) is 30.8 Å². The number of amides is 2. The summed E-state index contributed by atoms with van der Waals surface area (Å²) in [5.74, 6) is 0.824. The molecule has 0 unspecified atom stereocenters. The van der Waals surface area contributed by atoms with Gasteiger partial charge in [-0.05, 0) is 30.2 Å². The predicted molar refractivity (Wildman–Crippen MR) is 83.3 cm³/mol. The lowest BCUT2D eigenvalue weighted by Gasteiger charge is -2.09. The van der Waals surface area contributed by atoms with Crippen molar-refractivity contribution in [1.82, 2.24) is 10.2 Å². The van der Waals surface area contributed by atoms with Crippen LogP contribution < -0.4 is 5.32 Å². The molecule has 0 aliphatic carbocycles. The maximum absolute atomic E-state index is 11.6. The highest BCUT2D eigenvalue weighted by Gasteiger charge is 2.14. The molecule has 106 valence electrons. The summed E-state index contributed by atoms with van der Waals surface area (Å²) in [7, 11) is 1.94. The fourth-order valence-electron chi connectivity index (χ4n) is 1.91. The molecule has 1 heterocycles. The Kier molecular flexibility index (Phi) is 5.04. The number of nitrogens with one attached hydrogen (secondary N) is 1. The molecular formula is C14H15Cl2N3O. The summed E-state index contributed by atoms with van der Waals surface area (Å²) in [6.45, 7) is 0.950. The summed E-state index contributed by atoms with van der Waals surface area (Å²) in [6, 6.07) is 4.88. The fourth-order valence-corrected chi connectivity index (χ4v) is 2.22. The molecule has 1 saturated heterocycles. The minimum atomic E-state index is -0.370. The van der Waals surface area contributed by atoms with Gasteiger partial charge >= 0.3 is 6.03 Å². The van der Waals surface area contributed by atoms with Crippen LogP contribution in [-0.4, -0.2) is 30.4 Å². The van der Waals surface area contributed by atoms with Gasteiger partial charge in [-0.25, -0.2) is 4.79 Å². The van der Waals surface area contributed by atoms with Crippen LogP contribution in [0.5, 0.6) is 0 Å². The third-order valence-corrected chi connectivity index (χ3v) is 3.73. The van der Waals surface area contributed by atoms with Crippen LogP contribution in [0, 0.1) is 0 Å². The van der Waals surface area contributed by atoms with E-state index in [-0.39, 0.29) is 6.03 Å². The van der Waals surface area contributed by atoms with E-state index in [1.54, 1.807) is 24.4 Å². The van der Waals surface area contributed by atoms with Crippen molar-refractivity contribution in [2.45, 2.75) is 12.8 Å². The summed E-state index contributed by atoms with van der Waals surface area (Å²) in [6.07, 6.45) is 5.17. The second-order valence-corrected chi connectivity index (χ2v) is 5.32. The molecule has 6 heteroatoms. The molecule has 1 aromatic rings. The minimum absolute atomic E-state index is 0.370. The van der Waals surface area contributed by atoms with Crippen LogP contribution in [0.15, 0.2) is 29.4 Å². The van der Waals surface area contributed by atoms with Crippen molar-refractivity contribution in [2.24, 2.45) is 4.99 Å². The van der Waals surface area contributed by atoms with Crippen molar-refractivity contribution in [3.05, 3.63) is 40.0 Å². The number of rotatable bonds is 2. The van der Waals surface area contributed by atoms with Crippen molar-refractivity contribution < 1.29 is 4.79 Å². The van der Waals surface area contributed by atoms with E-state index in [0.29, 0.717) is 10.0 Å². The Morgan fingerprint density at radius 1 is 1.40 bits per heavy atom. The van der Waals surface area contributed by atoms with Crippen LogP contribution in [0.2, 0.25) is 10.0 Å². The molecule has 0 atom stereocenters. The Balaban J connectivity index is 1.92. The lowest BCUT2D eigenvalue weighted by molar-refractivity contribution is 0.252. The van der Waals surface area contributed by atoms with E-state index < -0.39 is 0 Å². The van der Waals surface area contributed by atoms with E-state index in [1.807, 2.05) is 18.0 Å². The molecule has 1 aliphatic rings. The van der Waals surface area contributed by atoms with Gasteiger partial charge in [0, 0.05) is 26.2 Å². The fraction of sp³-hybridized carbons (Fsp3) is 0.286. The molecule has 1 aromatic carbocycles. The normalized spacial score (nSPS) is 17.1. The maximum Gasteiger partial charge on any atom is 0.346 e. The molecule has 0 saturated carbocycles. The van der Waals surface area contributed by atoms with Crippen LogP contribution in [0.4, 0.5) is 4.79 Å². The zero-order chi connectivity index (χ0) is 14.5. The zero-order valence-corrected chi connectivity index (χ0v) is 12.6. The second-order valence-electron chi connectivity index (χ2n) is 4.51. The SMILES string of the molecule is CN1CCC/C1=N/C(=O)N/C=C/c1ccc(Cl)c(Cl)c1. The summed E-state index contributed by atoms with van der Waals surface area (Å²) in [5.41, 5.74) is 0.852. The van der Waals surface area contributed by atoms with Crippen LogP contribution in [-0.2, 0) is 0 Å². The zero-order valence-electron chi connectivity index (χ0n) is 11.1. The molecule has 2 rings (SSSR count). The standard InChI is InChI=1S/C14H15Cl2N3O/c1-19-8-2-3-13(19)18-14(20)17-7-6-10-4-5-11(15)12(16)9-10/h4-7,9H,2-3,8H2,1H3,(H,17,20)/b7-6+,18-13-. The number of amidine groups is 1. The first-order chi connectivity index (χ1) is 9.56. The number of hydrogen-bond acceptors (Lipinski definition) is 1. The molecule has 1 fully saturated rings. The second kappa shape index (κ2) is 6.77. The summed E-state index contributed by atoms with van der Waals surface area (Å²) in [4.78, 5) is 17.6. The van der Waals surface area contributed by atoms with Crippen molar-refractivity contribution in [3.8, 4) is 0 Å². The van der Waals surface area contributed by atoms with E-state index in [1.165, 1.54) is 0 Å². The Morgan fingerprint density at radius 2 is 2.20 bits per heavy atom. The Morgan fingerprint density at radius 3 is 2.85 bits per heavy atom.